The quantitative estimate of drug-likeness (QED) is 0.633. The summed E-state index contributed by atoms with van der Waals surface area (Å²) in [6.45, 7) is 1.27. The molecule has 0 bridgehead atoms. The second-order valence-electron chi connectivity index (χ2n) is 3.90. The molecule has 0 aliphatic heterocycles. The fraction of sp³-hybridized carbons (Fsp3) is 0.538. The molecule has 1 aromatic heterocycles. The smallest absolute Gasteiger partial charge is 0.0771 e. The Morgan fingerprint density at radius 1 is 1.41 bits per heavy atom. The van der Waals surface area contributed by atoms with E-state index in [1.807, 2.05) is 11.8 Å². The second-order valence-corrected chi connectivity index (χ2v) is 6.17. The van der Waals surface area contributed by atoms with Gasteiger partial charge < -0.3 is 10.0 Å². The summed E-state index contributed by atoms with van der Waals surface area (Å²) in [4.78, 5) is 4.68. The maximum absolute atomic E-state index is 8.63. The number of nitrogens with zero attached hydrogens (tertiary/aromatic N) is 1. The molecule has 0 unspecified atom stereocenters. The van der Waals surface area contributed by atoms with Crippen molar-refractivity contribution in [1.82, 2.24) is 4.90 Å². The first-order chi connectivity index (χ1) is 8.22. The number of thiophene rings is 1. The molecule has 17 heavy (non-hydrogen) atoms. The molecule has 0 saturated carbocycles. The predicted molar refractivity (Wildman–Crippen MR) is 77.6 cm³/mol. The van der Waals surface area contributed by atoms with Crippen LogP contribution >= 0.6 is 23.1 Å². The molecule has 1 N–H and O–H groups in total. The highest BCUT2D eigenvalue weighted by atomic mass is 32.2. The van der Waals surface area contributed by atoms with Crippen LogP contribution in [0.3, 0.4) is 0 Å². The van der Waals surface area contributed by atoms with E-state index >= 15 is 0 Å². The van der Waals surface area contributed by atoms with E-state index in [0.717, 1.165) is 22.9 Å². The van der Waals surface area contributed by atoms with Gasteiger partial charge in [-0.05, 0) is 26.2 Å². The van der Waals surface area contributed by atoms with E-state index in [9.17, 15) is 0 Å². The zero-order chi connectivity index (χ0) is 12.5. The molecule has 1 heterocycles. The highest BCUT2D eigenvalue weighted by Crippen LogP contribution is 2.20. The number of aliphatic hydroxyl groups excluding tert-OH is 1. The Morgan fingerprint density at radius 2 is 2.24 bits per heavy atom. The van der Waals surface area contributed by atoms with Crippen LogP contribution in [0, 0.1) is 11.8 Å². The highest BCUT2D eigenvalue weighted by molar-refractivity contribution is 7.98. The van der Waals surface area contributed by atoms with Crippen LogP contribution in [0.25, 0.3) is 0 Å². The Morgan fingerprint density at radius 3 is 2.94 bits per heavy atom. The van der Waals surface area contributed by atoms with Crippen molar-refractivity contribution in [2.24, 2.45) is 0 Å². The molecule has 2 nitrogen and oxygen atoms in total. The van der Waals surface area contributed by atoms with Crippen molar-refractivity contribution in [2.45, 2.75) is 12.2 Å². The molecule has 0 amide bonds. The number of hydrogen-bond donors (Lipinski definition) is 1. The average molecular weight is 269 g/mol. The zero-order valence-electron chi connectivity index (χ0n) is 10.4. The molecular weight excluding hydrogens is 250 g/mol. The lowest BCUT2D eigenvalue weighted by molar-refractivity contribution is 0.305. The van der Waals surface area contributed by atoms with Gasteiger partial charge in [-0.3, -0.25) is 0 Å². The zero-order valence-corrected chi connectivity index (χ0v) is 12.0. The van der Waals surface area contributed by atoms with Gasteiger partial charge in [0.25, 0.3) is 0 Å². The summed E-state index contributed by atoms with van der Waals surface area (Å²) in [5.74, 6) is 8.24. The second kappa shape index (κ2) is 8.60. The lowest BCUT2D eigenvalue weighted by Gasteiger charge is -2.07. The van der Waals surface area contributed by atoms with Crippen molar-refractivity contribution < 1.29 is 5.11 Å². The molecule has 0 aliphatic carbocycles. The lowest BCUT2D eigenvalue weighted by Crippen LogP contribution is -2.14. The minimum atomic E-state index is 0.144. The fourth-order valence-electron chi connectivity index (χ4n) is 1.15. The van der Waals surface area contributed by atoms with Crippen LogP contribution in [-0.2, 0) is 5.75 Å². The van der Waals surface area contributed by atoms with Crippen molar-refractivity contribution in [3.05, 3.63) is 21.9 Å². The van der Waals surface area contributed by atoms with Crippen LogP contribution in [0.15, 0.2) is 12.1 Å². The van der Waals surface area contributed by atoms with E-state index in [0.29, 0.717) is 6.42 Å². The van der Waals surface area contributed by atoms with Crippen molar-refractivity contribution >= 4 is 23.1 Å². The van der Waals surface area contributed by atoms with Crippen LogP contribution in [0.5, 0.6) is 0 Å². The molecule has 0 aliphatic rings. The molecule has 0 atom stereocenters. The van der Waals surface area contributed by atoms with Gasteiger partial charge in [0.2, 0.25) is 0 Å². The maximum atomic E-state index is 8.63. The molecule has 0 saturated heterocycles. The Bertz CT molecular complexity index is 376. The largest absolute Gasteiger partial charge is 0.395 e. The Balaban J connectivity index is 2.29. The summed E-state index contributed by atoms with van der Waals surface area (Å²) in [6, 6.07) is 4.22. The van der Waals surface area contributed by atoms with Gasteiger partial charge in [-0.25, -0.2) is 0 Å². The molecule has 94 valence electrons. The van der Waals surface area contributed by atoms with Crippen LogP contribution in [0.2, 0.25) is 0 Å². The third-order valence-electron chi connectivity index (χ3n) is 2.04. The average Bonchev–Trinajstić information content (AvgIpc) is 2.73. The summed E-state index contributed by atoms with van der Waals surface area (Å²) >= 11 is 3.71. The van der Waals surface area contributed by atoms with Gasteiger partial charge in [0.15, 0.2) is 0 Å². The van der Waals surface area contributed by atoms with Crippen LogP contribution in [0.1, 0.15) is 16.2 Å². The van der Waals surface area contributed by atoms with E-state index in [2.05, 4.69) is 43.0 Å². The van der Waals surface area contributed by atoms with Gasteiger partial charge in [0, 0.05) is 29.3 Å². The molecule has 1 aromatic rings. The summed E-state index contributed by atoms with van der Waals surface area (Å²) in [5, 5.41) is 8.63. The minimum Gasteiger partial charge on any atom is -0.395 e. The fourth-order valence-corrected chi connectivity index (χ4v) is 3.25. The van der Waals surface area contributed by atoms with Crippen molar-refractivity contribution in [2.75, 3.05) is 33.0 Å². The highest BCUT2D eigenvalue weighted by Gasteiger charge is 1.98. The molecule has 0 fully saturated rings. The lowest BCUT2D eigenvalue weighted by atomic mass is 10.4. The number of rotatable bonds is 6. The van der Waals surface area contributed by atoms with E-state index < -0.39 is 0 Å². The topological polar surface area (TPSA) is 23.5 Å². The van der Waals surface area contributed by atoms with E-state index in [1.54, 1.807) is 11.3 Å². The number of aliphatic hydroxyl groups is 1. The number of thioether (sulfide) groups is 1. The summed E-state index contributed by atoms with van der Waals surface area (Å²) in [5.41, 5.74) is 0. The Kier molecular flexibility index (Phi) is 7.38. The van der Waals surface area contributed by atoms with E-state index in [4.69, 9.17) is 5.11 Å². The van der Waals surface area contributed by atoms with Gasteiger partial charge >= 0.3 is 0 Å². The molecule has 1 rings (SSSR count). The Hall–Kier alpha value is -0.470. The summed E-state index contributed by atoms with van der Waals surface area (Å²) < 4.78 is 0. The standard InChI is InChI=1S/C13H19NOS2/c1-14(2)8-10-16-11-13-7-6-12(17-13)5-3-4-9-15/h6-7,15H,4,8-11H2,1-2H3. The van der Waals surface area contributed by atoms with Gasteiger partial charge in [-0.15, -0.1) is 11.3 Å². The first-order valence-electron chi connectivity index (χ1n) is 5.63. The van der Waals surface area contributed by atoms with Crippen LogP contribution < -0.4 is 0 Å². The first kappa shape index (κ1) is 14.6. The molecule has 0 radical (unpaired) electrons. The van der Waals surface area contributed by atoms with Gasteiger partial charge in [-0.2, -0.15) is 11.8 Å². The number of hydrogen-bond acceptors (Lipinski definition) is 4. The van der Waals surface area contributed by atoms with Crippen LogP contribution in [-0.4, -0.2) is 43.0 Å². The van der Waals surface area contributed by atoms with Crippen molar-refractivity contribution in [1.29, 1.82) is 0 Å². The maximum Gasteiger partial charge on any atom is 0.0771 e. The molecule has 0 spiro atoms. The van der Waals surface area contributed by atoms with Gasteiger partial charge in [-0.1, -0.05) is 11.8 Å². The predicted octanol–water partition coefficient (Wildman–Crippen LogP) is 2.28. The molecular formula is C13H19NOS2. The molecule has 0 aromatic carbocycles. The van der Waals surface area contributed by atoms with Gasteiger partial charge in [0.05, 0.1) is 11.5 Å². The third-order valence-corrected chi connectivity index (χ3v) is 4.21. The SMILES string of the molecule is CN(C)CCSCc1ccc(C#CCCO)s1. The third kappa shape index (κ3) is 6.75. The first-order valence-corrected chi connectivity index (χ1v) is 7.60. The normalized spacial score (nSPS) is 10.4. The van der Waals surface area contributed by atoms with Gasteiger partial charge in [0.1, 0.15) is 0 Å². The van der Waals surface area contributed by atoms with E-state index in [-0.39, 0.29) is 6.61 Å². The summed E-state index contributed by atoms with van der Waals surface area (Å²) in [7, 11) is 4.20. The van der Waals surface area contributed by atoms with E-state index in [1.165, 1.54) is 4.88 Å². The van der Waals surface area contributed by atoms with Crippen LogP contribution in [0.4, 0.5) is 0 Å². The monoisotopic (exact) mass is 269 g/mol. The van der Waals surface area contributed by atoms with Crippen molar-refractivity contribution in [3.8, 4) is 11.8 Å². The summed E-state index contributed by atoms with van der Waals surface area (Å²) in [6.07, 6.45) is 0.560. The minimum absolute atomic E-state index is 0.144. The Labute approximate surface area is 112 Å². The molecule has 4 heteroatoms. The van der Waals surface area contributed by atoms with Crippen molar-refractivity contribution in [3.63, 3.8) is 0 Å².